The summed E-state index contributed by atoms with van der Waals surface area (Å²) in [7, 11) is 1.98. The van der Waals surface area contributed by atoms with E-state index in [-0.39, 0.29) is 6.10 Å². The van der Waals surface area contributed by atoms with Gasteiger partial charge in [0.25, 0.3) is 5.89 Å². The molecule has 0 amide bonds. The molecule has 1 unspecified atom stereocenters. The molecule has 9 heteroatoms. The number of rotatable bonds is 11. The van der Waals surface area contributed by atoms with Crippen LogP contribution < -0.4 is 4.74 Å². The van der Waals surface area contributed by atoms with E-state index >= 15 is 0 Å². The first-order valence-corrected chi connectivity index (χ1v) is 12.4. The van der Waals surface area contributed by atoms with Crippen LogP contribution in [0.25, 0.3) is 33.7 Å². The van der Waals surface area contributed by atoms with Gasteiger partial charge in [-0.25, -0.2) is 4.79 Å². The lowest BCUT2D eigenvalue weighted by atomic mass is 10.1. The van der Waals surface area contributed by atoms with Gasteiger partial charge in [-0.05, 0) is 62.9 Å². The van der Waals surface area contributed by atoms with Gasteiger partial charge in [0.2, 0.25) is 5.82 Å². The van der Waals surface area contributed by atoms with Crippen molar-refractivity contribution < 1.29 is 23.9 Å². The number of halogens is 1. The number of fused-ring (bicyclic) bond motifs is 1. The number of aryl methyl sites for hydroxylation is 2. The summed E-state index contributed by atoms with van der Waals surface area (Å²) in [5, 5.41) is 14.9. The molecule has 36 heavy (non-hydrogen) atoms. The number of aliphatic carboxylic acids is 1. The number of aromatic nitrogens is 3. The highest BCUT2D eigenvalue weighted by molar-refractivity contribution is 6.32. The molecule has 8 nitrogen and oxygen atoms in total. The van der Waals surface area contributed by atoms with Crippen molar-refractivity contribution in [1.82, 2.24) is 14.7 Å². The molecule has 0 fully saturated rings. The topological polar surface area (TPSA) is 99.6 Å². The summed E-state index contributed by atoms with van der Waals surface area (Å²) < 4.78 is 18.8. The van der Waals surface area contributed by atoms with Gasteiger partial charge in [-0.2, -0.15) is 4.98 Å². The van der Waals surface area contributed by atoms with Gasteiger partial charge in [0.1, 0.15) is 5.75 Å². The van der Waals surface area contributed by atoms with Crippen LogP contribution in [-0.2, 0) is 23.0 Å². The molecule has 0 aliphatic heterocycles. The van der Waals surface area contributed by atoms with Gasteiger partial charge in [0.05, 0.1) is 16.6 Å². The highest BCUT2D eigenvalue weighted by Gasteiger charge is 2.19. The molecule has 0 saturated carbocycles. The van der Waals surface area contributed by atoms with Gasteiger partial charge in [-0.3, -0.25) is 0 Å². The molecular formula is C27H30ClN3O5. The molecule has 0 saturated heterocycles. The normalized spacial score (nSPS) is 12.4. The van der Waals surface area contributed by atoms with Crippen LogP contribution in [0.4, 0.5) is 0 Å². The van der Waals surface area contributed by atoms with Crippen molar-refractivity contribution >= 4 is 28.5 Å². The Bertz CT molecular complexity index is 1360. The van der Waals surface area contributed by atoms with Crippen molar-refractivity contribution in [2.75, 3.05) is 6.61 Å². The van der Waals surface area contributed by atoms with Gasteiger partial charge < -0.3 is 23.7 Å². The van der Waals surface area contributed by atoms with Crippen LogP contribution in [0.2, 0.25) is 5.02 Å². The van der Waals surface area contributed by atoms with E-state index < -0.39 is 12.1 Å². The van der Waals surface area contributed by atoms with Crippen molar-refractivity contribution in [3.8, 4) is 28.6 Å². The number of carboxylic acids is 1. The zero-order valence-electron chi connectivity index (χ0n) is 20.8. The van der Waals surface area contributed by atoms with E-state index in [1.165, 1.54) is 0 Å². The predicted octanol–water partition coefficient (Wildman–Crippen LogP) is 6.15. The maximum absolute atomic E-state index is 11.1. The van der Waals surface area contributed by atoms with Gasteiger partial charge in [-0.15, -0.1) is 0 Å². The van der Waals surface area contributed by atoms with Crippen LogP contribution in [0, 0.1) is 0 Å². The molecule has 4 rings (SSSR count). The first-order valence-electron chi connectivity index (χ1n) is 12.0. The number of hydrogen-bond donors (Lipinski definition) is 1. The summed E-state index contributed by atoms with van der Waals surface area (Å²) in [6, 6.07) is 11.4. The number of nitrogens with zero attached hydrogens (tertiary/aromatic N) is 3. The van der Waals surface area contributed by atoms with E-state index in [2.05, 4.69) is 27.0 Å². The average Bonchev–Trinajstić information content (AvgIpc) is 3.45. The van der Waals surface area contributed by atoms with Gasteiger partial charge >= 0.3 is 5.97 Å². The average molecular weight is 512 g/mol. The van der Waals surface area contributed by atoms with Gasteiger partial charge in [-0.1, -0.05) is 35.8 Å². The maximum atomic E-state index is 11.1. The Morgan fingerprint density at radius 3 is 2.75 bits per heavy atom. The van der Waals surface area contributed by atoms with Crippen molar-refractivity contribution in [3.05, 3.63) is 53.2 Å². The Morgan fingerprint density at radius 1 is 1.25 bits per heavy atom. The number of carbonyl (C=O) groups is 1. The number of benzene rings is 2. The summed E-state index contributed by atoms with van der Waals surface area (Å²) in [5.74, 6) is 0.539. The van der Waals surface area contributed by atoms with E-state index in [9.17, 15) is 4.79 Å². The molecule has 0 aliphatic rings. The molecule has 4 aromatic rings. The standard InChI is InChI=1S/C27H30ClN3O5/c1-5-22(27(32)33)34-13-7-8-18-15-31(4)24-19(18)9-6-10-20(24)25-29-26(36-30-25)17-11-12-23(21(28)14-17)35-16(2)3/h6,9-12,14-16,22H,5,7-8,13H2,1-4H3,(H,32,33). The highest BCUT2D eigenvalue weighted by Crippen LogP contribution is 2.34. The van der Waals surface area contributed by atoms with Crippen LogP contribution in [0.3, 0.4) is 0 Å². The minimum absolute atomic E-state index is 0.0181. The highest BCUT2D eigenvalue weighted by atomic mass is 35.5. The first kappa shape index (κ1) is 25.7. The van der Waals surface area contributed by atoms with Crippen LogP contribution in [0.5, 0.6) is 5.75 Å². The summed E-state index contributed by atoms with van der Waals surface area (Å²) >= 11 is 6.39. The van der Waals surface area contributed by atoms with E-state index in [4.69, 9.17) is 30.7 Å². The number of para-hydroxylation sites is 1. The molecule has 0 aliphatic carbocycles. The fraction of sp³-hybridized carbons (Fsp3) is 0.370. The predicted molar refractivity (Wildman–Crippen MR) is 138 cm³/mol. The monoisotopic (exact) mass is 511 g/mol. The molecule has 2 aromatic carbocycles. The van der Waals surface area contributed by atoms with Gasteiger partial charge in [0, 0.05) is 36.4 Å². The smallest absolute Gasteiger partial charge is 0.332 e. The fourth-order valence-electron chi connectivity index (χ4n) is 4.22. The number of carboxylic acid groups (broad SMARTS) is 1. The molecule has 2 aromatic heterocycles. The second-order valence-electron chi connectivity index (χ2n) is 8.91. The minimum Gasteiger partial charge on any atom is -0.489 e. The summed E-state index contributed by atoms with van der Waals surface area (Å²) in [6.45, 7) is 6.08. The molecule has 0 radical (unpaired) electrons. The van der Waals surface area contributed by atoms with E-state index in [0.29, 0.717) is 41.1 Å². The molecular weight excluding hydrogens is 482 g/mol. The Balaban J connectivity index is 1.55. The van der Waals surface area contributed by atoms with Crippen molar-refractivity contribution in [3.63, 3.8) is 0 Å². The second kappa shape index (κ2) is 11.1. The third-order valence-electron chi connectivity index (χ3n) is 5.85. The zero-order chi connectivity index (χ0) is 25.8. The van der Waals surface area contributed by atoms with Gasteiger partial charge in [0.15, 0.2) is 6.10 Å². The summed E-state index contributed by atoms with van der Waals surface area (Å²) in [6.07, 6.45) is 3.27. The van der Waals surface area contributed by atoms with Crippen LogP contribution in [-0.4, -0.2) is 44.6 Å². The number of hydrogen-bond acceptors (Lipinski definition) is 6. The fourth-order valence-corrected chi connectivity index (χ4v) is 4.44. The van der Waals surface area contributed by atoms with E-state index in [0.717, 1.165) is 34.9 Å². The third kappa shape index (κ3) is 5.55. The number of ether oxygens (including phenoxy) is 2. The molecule has 0 bridgehead atoms. The molecule has 1 atom stereocenters. The lowest BCUT2D eigenvalue weighted by Crippen LogP contribution is -2.23. The van der Waals surface area contributed by atoms with E-state index in [1.54, 1.807) is 19.1 Å². The van der Waals surface area contributed by atoms with Crippen molar-refractivity contribution in [2.45, 2.75) is 52.2 Å². The summed E-state index contributed by atoms with van der Waals surface area (Å²) in [4.78, 5) is 15.8. The maximum Gasteiger partial charge on any atom is 0.332 e. The third-order valence-corrected chi connectivity index (χ3v) is 6.14. The second-order valence-corrected chi connectivity index (χ2v) is 9.32. The lowest BCUT2D eigenvalue weighted by Gasteiger charge is -2.11. The van der Waals surface area contributed by atoms with Crippen LogP contribution in [0.1, 0.15) is 39.2 Å². The van der Waals surface area contributed by atoms with Crippen LogP contribution in [0.15, 0.2) is 47.1 Å². The van der Waals surface area contributed by atoms with E-state index in [1.807, 2.05) is 39.1 Å². The molecule has 2 heterocycles. The Morgan fingerprint density at radius 2 is 2.06 bits per heavy atom. The Hall–Kier alpha value is -3.36. The first-order chi connectivity index (χ1) is 17.3. The SMILES string of the molecule is CCC(OCCCc1cn(C)c2c(-c3noc(-c4ccc(OC(C)C)c(Cl)c4)n3)cccc12)C(=O)O. The Labute approximate surface area is 214 Å². The largest absolute Gasteiger partial charge is 0.489 e. The van der Waals surface area contributed by atoms with Crippen molar-refractivity contribution in [2.24, 2.45) is 7.05 Å². The lowest BCUT2D eigenvalue weighted by molar-refractivity contribution is -0.150. The molecule has 190 valence electrons. The van der Waals surface area contributed by atoms with Crippen molar-refractivity contribution in [1.29, 1.82) is 0 Å². The quantitative estimate of drug-likeness (QED) is 0.241. The summed E-state index contributed by atoms with van der Waals surface area (Å²) in [5.41, 5.74) is 3.71. The van der Waals surface area contributed by atoms with Crippen LogP contribution >= 0.6 is 11.6 Å². The minimum atomic E-state index is -0.922. The molecule has 0 spiro atoms. The zero-order valence-corrected chi connectivity index (χ0v) is 21.6. The Kier molecular flexibility index (Phi) is 7.96. The molecule has 1 N–H and O–H groups in total.